The van der Waals surface area contributed by atoms with Gasteiger partial charge in [0.25, 0.3) is 0 Å². The normalized spacial score (nSPS) is 17.3. The lowest BCUT2D eigenvalue weighted by molar-refractivity contribution is -0.130. The molecule has 182 valence electrons. The molecule has 9 heteroatoms. The Bertz CT molecular complexity index is 1240. The minimum atomic E-state index is -3.70. The first-order chi connectivity index (χ1) is 16.9. The van der Waals surface area contributed by atoms with Crippen molar-refractivity contribution in [1.82, 2.24) is 14.6 Å². The average molecular weight is 493 g/mol. The molecule has 35 heavy (non-hydrogen) atoms. The highest BCUT2D eigenvalue weighted by Crippen LogP contribution is 2.24. The maximum absolute atomic E-state index is 13.2. The lowest BCUT2D eigenvalue weighted by Crippen LogP contribution is -2.51. The molecule has 0 spiro atoms. The number of nitrogens with one attached hydrogen (secondary N) is 2. The molecule has 0 aliphatic carbocycles. The van der Waals surface area contributed by atoms with Crippen molar-refractivity contribution in [2.24, 2.45) is 5.92 Å². The van der Waals surface area contributed by atoms with Gasteiger partial charge < -0.3 is 10.6 Å². The molecule has 1 aliphatic rings. The van der Waals surface area contributed by atoms with Crippen molar-refractivity contribution in [3.05, 3.63) is 90.8 Å². The lowest BCUT2D eigenvalue weighted by atomic mass is 9.97. The van der Waals surface area contributed by atoms with Gasteiger partial charge in [0.1, 0.15) is 6.04 Å². The van der Waals surface area contributed by atoms with Crippen LogP contribution in [0.5, 0.6) is 0 Å². The second-order valence-corrected chi connectivity index (χ2v) is 10.4. The molecule has 3 aromatic rings. The highest BCUT2D eigenvalue weighted by atomic mass is 32.2. The summed E-state index contributed by atoms with van der Waals surface area (Å²) in [7, 11) is -3.70. The Morgan fingerprint density at radius 1 is 1.00 bits per heavy atom. The Hall–Kier alpha value is -3.56. The highest BCUT2D eigenvalue weighted by Gasteiger charge is 2.34. The smallest absolute Gasteiger partial charge is 0.247 e. The number of benzene rings is 2. The summed E-state index contributed by atoms with van der Waals surface area (Å²) in [6.45, 7) is 0.432. The molecule has 0 radical (unpaired) electrons. The van der Waals surface area contributed by atoms with E-state index in [2.05, 4.69) is 15.6 Å². The number of piperidine rings is 1. The molecular formula is C26H28N4O4S. The average Bonchev–Trinajstić information content (AvgIpc) is 2.90. The van der Waals surface area contributed by atoms with Gasteiger partial charge in [0.15, 0.2) is 0 Å². The zero-order valence-corrected chi connectivity index (χ0v) is 20.0. The van der Waals surface area contributed by atoms with Gasteiger partial charge in [0.2, 0.25) is 21.8 Å². The molecule has 8 nitrogen and oxygen atoms in total. The van der Waals surface area contributed by atoms with Crippen LogP contribution < -0.4 is 10.6 Å². The number of sulfonamides is 1. The van der Waals surface area contributed by atoms with E-state index in [1.165, 1.54) is 10.5 Å². The van der Waals surface area contributed by atoms with Gasteiger partial charge in [-0.25, -0.2) is 8.42 Å². The third-order valence-electron chi connectivity index (χ3n) is 5.98. The molecule has 1 saturated heterocycles. The van der Waals surface area contributed by atoms with Crippen LogP contribution in [0.15, 0.2) is 90.1 Å². The van der Waals surface area contributed by atoms with Gasteiger partial charge in [-0.3, -0.25) is 14.6 Å². The number of aromatic nitrogens is 1. The van der Waals surface area contributed by atoms with Crippen LogP contribution in [0.3, 0.4) is 0 Å². The summed E-state index contributed by atoms with van der Waals surface area (Å²) >= 11 is 0. The summed E-state index contributed by atoms with van der Waals surface area (Å²) in [4.78, 5) is 30.5. The molecule has 2 heterocycles. The fourth-order valence-electron chi connectivity index (χ4n) is 4.13. The molecule has 2 atom stereocenters. The second kappa shape index (κ2) is 11.2. The van der Waals surface area contributed by atoms with Crippen LogP contribution in [-0.4, -0.2) is 48.7 Å². The number of rotatable bonds is 8. The third kappa shape index (κ3) is 6.32. The van der Waals surface area contributed by atoms with Crippen LogP contribution in [0.2, 0.25) is 0 Å². The Morgan fingerprint density at radius 2 is 1.71 bits per heavy atom. The number of carbonyl (C=O) groups excluding carboxylic acids is 2. The Balaban J connectivity index is 1.48. The predicted octanol–water partition coefficient (Wildman–Crippen LogP) is 2.85. The van der Waals surface area contributed by atoms with Crippen molar-refractivity contribution in [1.29, 1.82) is 0 Å². The van der Waals surface area contributed by atoms with E-state index >= 15 is 0 Å². The molecule has 1 fully saturated rings. The largest absolute Gasteiger partial charge is 0.344 e. The zero-order chi connectivity index (χ0) is 24.7. The molecule has 0 bridgehead atoms. The van der Waals surface area contributed by atoms with Crippen molar-refractivity contribution in [3.8, 4) is 0 Å². The Kier molecular flexibility index (Phi) is 7.89. The number of hydrogen-bond acceptors (Lipinski definition) is 5. The summed E-state index contributed by atoms with van der Waals surface area (Å²) < 4.78 is 27.5. The van der Waals surface area contributed by atoms with Gasteiger partial charge in [0, 0.05) is 25.7 Å². The number of pyridine rings is 1. The highest BCUT2D eigenvalue weighted by molar-refractivity contribution is 7.89. The maximum Gasteiger partial charge on any atom is 0.247 e. The molecular weight excluding hydrogens is 464 g/mol. The first-order valence-corrected chi connectivity index (χ1v) is 13.0. The van der Waals surface area contributed by atoms with Crippen LogP contribution in [0.25, 0.3) is 0 Å². The zero-order valence-electron chi connectivity index (χ0n) is 19.2. The van der Waals surface area contributed by atoms with Crippen LogP contribution in [-0.2, 0) is 26.0 Å². The van der Waals surface area contributed by atoms with Crippen LogP contribution >= 0.6 is 0 Å². The van der Waals surface area contributed by atoms with Crippen molar-refractivity contribution in [2.45, 2.75) is 30.2 Å². The van der Waals surface area contributed by atoms with Gasteiger partial charge in [-0.15, -0.1) is 0 Å². The quantitative estimate of drug-likeness (QED) is 0.503. The molecule has 2 N–H and O–H groups in total. The summed E-state index contributed by atoms with van der Waals surface area (Å²) in [5.41, 5.74) is 1.43. The van der Waals surface area contributed by atoms with Gasteiger partial charge in [-0.05, 0) is 42.7 Å². The number of anilines is 1. The minimum absolute atomic E-state index is 0.0747. The van der Waals surface area contributed by atoms with Gasteiger partial charge in [-0.1, -0.05) is 48.5 Å². The summed E-state index contributed by atoms with van der Waals surface area (Å²) in [5.74, 6) is -1.24. The third-order valence-corrected chi connectivity index (χ3v) is 7.86. The Morgan fingerprint density at radius 3 is 2.40 bits per heavy atom. The van der Waals surface area contributed by atoms with E-state index in [-0.39, 0.29) is 23.3 Å². The second-order valence-electron chi connectivity index (χ2n) is 8.50. The number of amides is 2. The van der Waals surface area contributed by atoms with Crippen LogP contribution in [0.1, 0.15) is 18.4 Å². The number of nitrogens with zero attached hydrogens (tertiary/aromatic N) is 2. The topological polar surface area (TPSA) is 108 Å². The predicted molar refractivity (Wildman–Crippen MR) is 133 cm³/mol. The van der Waals surface area contributed by atoms with Crippen molar-refractivity contribution in [2.75, 3.05) is 18.4 Å². The Labute approximate surface area is 205 Å². The molecule has 0 saturated carbocycles. The molecule has 2 amide bonds. The van der Waals surface area contributed by atoms with E-state index < -0.39 is 22.0 Å². The standard InChI is InChI=1S/C26H28N4O4S/c31-25(21-11-8-16-30(19-21)35(33,34)23-13-5-2-6-14-23)29-24(17-20-9-3-1-4-10-20)26(32)28-22-12-7-15-27-18-22/h1-7,9-10,12-15,18,21,24H,8,11,16-17,19H2,(H,28,32)(H,29,31)/t21?,24-/m0/s1. The van der Waals surface area contributed by atoms with Gasteiger partial charge >= 0.3 is 0 Å². The molecule has 1 aliphatic heterocycles. The molecule has 1 aromatic heterocycles. The van der Waals surface area contributed by atoms with Gasteiger partial charge in [0.05, 0.1) is 22.7 Å². The number of carbonyl (C=O) groups is 2. The molecule has 2 aromatic carbocycles. The van der Waals surface area contributed by atoms with E-state index in [0.29, 0.717) is 31.5 Å². The van der Waals surface area contributed by atoms with Crippen LogP contribution in [0.4, 0.5) is 5.69 Å². The van der Waals surface area contributed by atoms with Crippen molar-refractivity contribution < 1.29 is 18.0 Å². The van der Waals surface area contributed by atoms with Gasteiger partial charge in [-0.2, -0.15) is 4.31 Å². The van der Waals surface area contributed by atoms with Crippen molar-refractivity contribution in [3.63, 3.8) is 0 Å². The summed E-state index contributed by atoms with van der Waals surface area (Å²) in [5, 5.41) is 5.68. The van der Waals surface area contributed by atoms with Crippen LogP contribution in [0, 0.1) is 5.92 Å². The van der Waals surface area contributed by atoms with E-state index in [9.17, 15) is 18.0 Å². The summed E-state index contributed by atoms with van der Waals surface area (Å²) in [6.07, 6.45) is 4.56. The SMILES string of the molecule is O=C(N[C@@H](Cc1ccccc1)C(=O)Nc1cccnc1)C1CCCN(S(=O)(=O)c2ccccc2)C1. The van der Waals surface area contributed by atoms with Crippen molar-refractivity contribution >= 4 is 27.5 Å². The minimum Gasteiger partial charge on any atom is -0.344 e. The number of hydrogen-bond donors (Lipinski definition) is 2. The molecule has 1 unspecified atom stereocenters. The monoisotopic (exact) mass is 492 g/mol. The van der Waals surface area contributed by atoms with E-state index in [1.54, 1.807) is 48.7 Å². The first kappa shape index (κ1) is 24.6. The fourth-order valence-corrected chi connectivity index (χ4v) is 5.68. The maximum atomic E-state index is 13.2. The van der Waals surface area contributed by atoms with E-state index in [4.69, 9.17) is 0 Å². The summed E-state index contributed by atoms with van der Waals surface area (Å²) in [6, 6.07) is 20.3. The van der Waals surface area contributed by atoms with E-state index in [1.807, 2.05) is 30.3 Å². The fraction of sp³-hybridized carbons (Fsp3) is 0.269. The first-order valence-electron chi connectivity index (χ1n) is 11.5. The molecule has 4 rings (SSSR count). The van der Waals surface area contributed by atoms with E-state index in [0.717, 1.165) is 5.56 Å². The lowest BCUT2D eigenvalue weighted by Gasteiger charge is -2.32.